The number of nitrogens with two attached hydrogens (primary N) is 1. The Morgan fingerprint density at radius 1 is 1.33 bits per heavy atom. The number of amides is 1. The summed E-state index contributed by atoms with van der Waals surface area (Å²) in [4.78, 5) is 12.0. The number of carbonyl (C=O) groups is 1. The van der Waals surface area contributed by atoms with Crippen LogP contribution in [0, 0.1) is 11.3 Å². The van der Waals surface area contributed by atoms with Gasteiger partial charge in [-0.25, -0.2) is 4.68 Å². The first-order valence-electron chi connectivity index (χ1n) is 9.19. The highest BCUT2D eigenvalue weighted by Crippen LogP contribution is 2.39. The molecule has 1 aromatic heterocycles. The summed E-state index contributed by atoms with van der Waals surface area (Å²) < 4.78 is 54.5. The summed E-state index contributed by atoms with van der Waals surface area (Å²) >= 11 is 0. The Morgan fingerprint density at radius 2 is 2.13 bits per heavy atom. The summed E-state index contributed by atoms with van der Waals surface area (Å²) in [5.74, 6) is -0.333. The standard InChI is InChI=1S/C19H17F3N4O4/c20-19(21,22)30-13-3-4-26-18(29-9-13)15(16(25-26)17(24)27)12-6-11-5-10(7-23)1-2-14(11)28-8-12/h1-2,5,12-13H,3-4,6,8-9H2,(H2,24,27)/t12-,13?/m0/s1. The molecule has 0 aliphatic carbocycles. The number of primary amides is 1. The molecule has 8 nitrogen and oxygen atoms in total. The second-order valence-electron chi connectivity index (χ2n) is 7.09. The number of fused-ring (bicyclic) bond motifs is 2. The number of nitriles is 1. The Balaban J connectivity index is 1.65. The number of nitrogens with zero attached hydrogens (tertiary/aromatic N) is 3. The SMILES string of the molecule is N#Cc1ccc2c(c1)C[C@H](c1c(C(N)=O)nn3c1OCC(OC(F)(F)F)CC3)CO2. The van der Waals surface area contributed by atoms with Crippen LogP contribution in [0.5, 0.6) is 11.6 Å². The monoisotopic (exact) mass is 422 g/mol. The third-order valence-electron chi connectivity index (χ3n) is 5.05. The van der Waals surface area contributed by atoms with Crippen molar-refractivity contribution in [2.75, 3.05) is 13.2 Å². The molecule has 0 fully saturated rings. The van der Waals surface area contributed by atoms with E-state index < -0.39 is 18.4 Å². The fraction of sp³-hybridized carbons (Fsp3) is 0.421. The van der Waals surface area contributed by atoms with Gasteiger partial charge in [-0.2, -0.15) is 10.4 Å². The fourth-order valence-corrected chi connectivity index (χ4v) is 3.77. The molecule has 30 heavy (non-hydrogen) atoms. The zero-order valence-corrected chi connectivity index (χ0v) is 15.6. The Kier molecular flexibility index (Phi) is 5.03. The molecular formula is C19H17F3N4O4. The highest BCUT2D eigenvalue weighted by Gasteiger charge is 2.37. The minimum atomic E-state index is -4.78. The lowest BCUT2D eigenvalue weighted by atomic mass is 9.89. The molecule has 2 N–H and O–H groups in total. The molecule has 4 rings (SSSR count). The number of benzene rings is 1. The van der Waals surface area contributed by atoms with Gasteiger partial charge in [-0.3, -0.25) is 9.53 Å². The lowest BCUT2D eigenvalue weighted by Gasteiger charge is -2.26. The lowest BCUT2D eigenvalue weighted by molar-refractivity contribution is -0.345. The van der Waals surface area contributed by atoms with Crippen molar-refractivity contribution in [3.8, 4) is 17.7 Å². The van der Waals surface area contributed by atoms with Crippen molar-refractivity contribution in [1.82, 2.24) is 9.78 Å². The van der Waals surface area contributed by atoms with Gasteiger partial charge < -0.3 is 15.2 Å². The first kappa shape index (κ1) is 20.0. The molecule has 0 radical (unpaired) electrons. The Labute approximate surface area is 168 Å². The van der Waals surface area contributed by atoms with Gasteiger partial charge in [-0.1, -0.05) is 0 Å². The smallest absolute Gasteiger partial charge is 0.493 e. The van der Waals surface area contributed by atoms with Gasteiger partial charge in [-0.05, 0) is 36.6 Å². The Bertz CT molecular complexity index is 1030. The molecular weight excluding hydrogens is 405 g/mol. The summed E-state index contributed by atoms with van der Waals surface area (Å²) in [6.45, 7) is -0.0814. The summed E-state index contributed by atoms with van der Waals surface area (Å²) in [5, 5.41) is 13.3. The van der Waals surface area contributed by atoms with Crippen LogP contribution < -0.4 is 15.2 Å². The van der Waals surface area contributed by atoms with Gasteiger partial charge in [-0.15, -0.1) is 13.2 Å². The fourth-order valence-electron chi connectivity index (χ4n) is 3.77. The van der Waals surface area contributed by atoms with Gasteiger partial charge >= 0.3 is 6.36 Å². The van der Waals surface area contributed by atoms with Crippen molar-refractivity contribution in [1.29, 1.82) is 5.26 Å². The van der Waals surface area contributed by atoms with E-state index in [0.29, 0.717) is 23.3 Å². The van der Waals surface area contributed by atoms with Crippen LogP contribution in [-0.4, -0.2) is 41.4 Å². The van der Waals surface area contributed by atoms with E-state index in [2.05, 4.69) is 15.9 Å². The predicted octanol–water partition coefficient (Wildman–Crippen LogP) is 2.26. The Hall–Kier alpha value is -3.26. The van der Waals surface area contributed by atoms with E-state index in [1.165, 1.54) is 4.68 Å². The molecule has 11 heteroatoms. The number of aromatic nitrogens is 2. The summed E-state index contributed by atoms with van der Waals surface area (Å²) in [5.41, 5.74) is 7.12. The van der Waals surface area contributed by atoms with E-state index in [-0.39, 0.29) is 43.7 Å². The molecule has 1 unspecified atom stereocenters. The van der Waals surface area contributed by atoms with Crippen LogP contribution in [0.1, 0.15) is 39.5 Å². The van der Waals surface area contributed by atoms with Crippen molar-refractivity contribution in [2.45, 2.75) is 37.8 Å². The van der Waals surface area contributed by atoms with E-state index in [0.717, 1.165) is 5.56 Å². The quantitative estimate of drug-likeness (QED) is 0.812. The summed E-state index contributed by atoms with van der Waals surface area (Å²) in [6.07, 6.45) is -5.55. The summed E-state index contributed by atoms with van der Waals surface area (Å²) in [6, 6.07) is 7.10. The van der Waals surface area contributed by atoms with Gasteiger partial charge in [0, 0.05) is 12.5 Å². The molecule has 2 aliphatic rings. The number of aryl methyl sites for hydroxylation is 1. The average molecular weight is 422 g/mol. The first-order chi connectivity index (χ1) is 14.2. The van der Waals surface area contributed by atoms with E-state index >= 15 is 0 Å². The third-order valence-corrected chi connectivity index (χ3v) is 5.05. The minimum Gasteiger partial charge on any atom is -0.493 e. The van der Waals surface area contributed by atoms with Gasteiger partial charge in [0.05, 0.1) is 23.8 Å². The highest BCUT2D eigenvalue weighted by molar-refractivity contribution is 5.93. The number of halogens is 3. The van der Waals surface area contributed by atoms with E-state index in [1.807, 2.05) is 0 Å². The molecule has 0 spiro atoms. The zero-order chi connectivity index (χ0) is 21.5. The highest BCUT2D eigenvalue weighted by atomic mass is 19.4. The summed E-state index contributed by atoms with van der Waals surface area (Å²) in [7, 11) is 0. The van der Waals surface area contributed by atoms with Gasteiger partial charge in [0.15, 0.2) is 5.69 Å². The van der Waals surface area contributed by atoms with Crippen molar-refractivity contribution in [3.63, 3.8) is 0 Å². The maximum Gasteiger partial charge on any atom is 0.522 e. The lowest BCUT2D eigenvalue weighted by Crippen LogP contribution is -2.29. The molecule has 2 aromatic rings. The van der Waals surface area contributed by atoms with Crippen molar-refractivity contribution >= 4 is 5.91 Å². The predicted molar refractivity (Wildman–Crippen MR) is 94.9 cm³/mol. The third kappa shape index (κ3) is 3.91. The van der Waals surface area contributed by atoms with Crippen LogP contribution in [0.3, 0.4) is 0 Å². The molecule has 158 valence electrons. The molecule has 2 atom stereocenters. The molecule has 0 saturated carbocycles. The van der Waals surface area contributed by atoms with Gasteiger partial charge in [0.1, 0.15) is 18.5 Å². The molecule has 0 bridgehead atoms. The normalized spacial score (nSPS) is 20.7. The van der Waals surface area contributed by atoms with Crippen molar-refractivity contribution in [2.24, 2.45) is 5.73 Å². The van der Waals surface area contributed by atoms with Crippen LogP contribution in [0.25, 0.3) is 0 Å². The molecule has 1 amide bonds. The number of carbonyl (C=O) groups excluding carboxylic acids is 1. The van der Waals surface area contributed by atoms with Gasteiger partial charge in [0.2, 0.25) is 5.88 Å². The van der Waals surface area contributed by atoms with Crippen LogP contribution >= 0.6 is 0 Å². The topological polar surface area (TPSA) is 112 Å². The number of hydrogen-bond donors (Lipinski definition) is 1. The minimum absolute atomic E-state index is 0.00135. The van der Waals surface area contributed by atoms with E-state index in [1.54, 1.807) is 18.2 Å². The molecule has 3 heterocycles. The first-order valence-corrected chi connectivity index (χ1v) is 9.19. The van der Waals surface area contributed by atoms with Gasteiger partial charge in [0.25, 0.3) is 5.91 Å². The van der Waals surface area contributed by atoms with Crippen LogP contribution in [0.4, 0.5) is 13.2 Å². The van der Waals surface area contributed by atoms with E-state index in [9.17, 15) is 18.0 Å². The number of ether oxygens (including phenoxy) is 3. The van der Waals surface area contributed by atoms with Crippen LogP contribution in [0.15, 0.2) is 18.2 Å². The number of rotatable bonds is 3. The maximum absolute atomic E-state index is 12.6. The number of hydrogen-bond acceptors (Lipinski definition) is 6. The van der Waals surface area contributed by atoms with Crippen LogP contribution in [0.2, 0.25) is 0 Å². The Morgan fingerprint density at radius 3 is 2.83 bits per heavy atom. The number of alkyl halides is 3. The average Bonchev–Trinajstić information content (AvgIpc) is 2.96. The van der Waals surface area contributed by atoms with Crippen LogP contribution in [-0.2, 0) is 17.7 Å². The molecule has 0 saturated heterocycles. The van der Waals surface area contributed by atoms with E-state index in [4.69, 9.17) is 20.5 Å². The molecule has 1 aromatic carbocycles. The van der Waals surface area contributed by atoms with Crippen molar-refractivity contribution < 1.29 is 32.2 Å². The molecule has 2 aliphatic heterocycles. The second kappa shape index (κ2) is 7.53. The second-order valence-corrected chi connectivity index (χ2v) is 7.09. The zero-order valence-electron chi connectivity index (χ0n) is 15.6. The largest absolute Gasteiger partial charge is 0.522 e. The van der Waals surface area contributed by atoms with Crippen molar-refractivity contribution in [3.05, 3.63) is 40.6 Å². The maximum atomic E-state index is 12.6.